The molecule has 9 heteroatoms. The fourth-order valence-corrected chi connectivity index (χ4v) is 4.58. The van der Waals surface area contributed by atoms with E-state index in [1.807, 2.05) is 54.9 Å². The van der Waals surface area contributed by atoms with Gasteiger partial charge < -0.3 is 9.80 Å². The lowest BCUT2D eigenvalue weighted by atomic mass is 9.97. The molecule has 0 unspecified atom stereocenters. The zero-order valence-electron chi connectivity index (χ0n) is 19.8. The third-order valence-electron chi connectivity index (χ3n) is 6.50. The zero-order valence-corrected chi connectivity index (χ0v) is 19.8. The number of carbonyl (C=O) groups excluding carboxylic acids is 1. The minimum absolute atomic E-state index is 0.0267. The molecule has 0 N–H and O–H groups in total. The maximum absolute atomic E-state index is 12.7. The summed E-state index contributed by atoms with van der Waals surface area (Å²) in [6.07, 6.45) is 10.8. The molecule has 1 saturated heterocycles. The molecule has 9 nitrogen and oxygen atoms in total. The molecule has 1 aliphatic rings. The van der Waals surface area contributed by atoms with Gasteiger partial charge in [0.15, 0.2) is 0 Å². The maximum Gasteiger partial charge on any atom is 0.272 e. The number of nitrogens with zero attached hydrogens (tertiary/aromatic N) is 8. The van der Waals surface area contributed by atoms with E-state index in [1.165, 1.54) is 0 Å². The minimum atomic E-state index is -0.0267. The Morgan fingerprint density at radius 3 is 2.47 bits per heavy atom. The Kier molecular flexibility index (Phi) is 5.57. The van der Waals surface area contributed by atoms with Crippen LogP contribution in [-0.2, 0) is 7.05 Å². The number of benzene rings is 1. The van der Waals surface area contributed by atoms with Crippen molar-refractivity contribution in [1.82, 2.24) is 34.6 Å². The van der Waals surface area contributed by atoms with Gasteiger partial charge in [0, 0.05) is 74.5 Å². The van der Waals surface area contributed by atoms with Crippen molar-refractivity contribution in [2.75, 3.05) is 31.1 Å². The van der Waals surface area contributed by atoms with Crippen LogP contribution in [0.5, 0.6) is 0 Å². The monoisotopic (exact) mass is 476 g/mol. The van der Waals surface area contributed by atoms with Crippen molar-refractivity contribution in [2.45, 2.75) is 0 Å². The Hall–Kier alpha value is -4.66. The maximum atomic E-state index is 12.7. The van der Waals surface area contributed by atoms with Crippen molar-refractivity contribution in [3.8, 4) is 22.3 Å². The second-order valence-electron chi connectivity index (χ2n) is 8.78. The molecule has 0 radical (unpaired) electrons. The van der Waals surface area contributed by atoms with Gasteiger partial charge >= 0.3 is 0 Å². The minimum Gasteiger partial charge on any atom is -0.353 e. The molecule has 0 atom stereocenters. The summed E-state index contributed by atoms with van der Waals surface area (Å²) in [5.74, 6) is 0.869. The molecule has 36 heavy (non-hydrogen) atoms. The summed E-state index contributed by atoms with van der Waals surface area (Å²) in [6, 6.07) is 13.7. The van der Waals surface area contributed by atoms with E-state index >= 15 is 0 Å². The molecule has 1 amide bonds. The lowest BCUT2D eigenvalue weighted by Crippen LogP contribution is -2.49. The van der Waals surface area contributed by atoms with Crippen LogP contribution in [0.15, 0.2) is 79.8 Å². The molecule has 0 saturated carbocycles. The van der Waals surface area contributed by atoms with Gasteiger partial charge in [-0.2, -0.15) is 5.10 Å². The molecule has 1 aromatic carbocycles. The molecule has 0 bridgehead atoms. The Morgan fingerprint density at radius 1 is 0.861 bits per heavy atom. The van der Waals surface area contributed by atoms with Crippen LogP contribution >= 0.6 is 0 Å². The van der Waals surface area contributed by atoms with E-state index in [1.54, 1.807) is 23.3 Å². The highest BCUT2D eigenvalue weighted by molar-refractivity contribution is 5.97. The van der Waals surface area contributed by atoms with Crippen molar-refractivity contribution < 1.29 is 4.79 Å². The smallest absolute Gasteiger partial charge is 0.272 e. The van der Waals surface area contributed by atoms with E-state index in [0.717, 1.165) is 52.1 Å². The van der Waals surface area contributed by atoms with E-state index < -0.39 is 0 Å². The number of fused-ring (bicyclic) bond motifs is 1. The number of carbonyl (C=O) groups is 1. The fourth-order valence-electron chi connectivity index (χ4n) is 4.58. The quantitative estimate of drug-likeness (QED) is 0.392. The number of rotatable bonds is 4. The lowest BCUT2D eigenvalue weighted by Gasteiger charge is -2.35. The van der Waals surface area contributed by atoms with Gasteiger partial charge in [-0.15, -0.1) is 0 Å². The standard InChI is InChI=1S/C27H24N8O/c1-33-17-21(15-32-33)20-12-22(23-16-28-18-31-25(23)13-20)19-5-6-26(30-14-19)34-8-10-35(11-9-34)27(36)24-4-2-3-7-29-24/h2-7,12-18H,8-11H2,1H3. The van der Waals surface area contributed by atoms with Crippen LogP contribution in [0.25, 0.3) is 33.2 Å². The van der Waals surface area contributed by atoms with E-state index in [-0.39, 0.29) is 5.91 Å². The van der Waals surface area contributed by atoms with Crippen molar-refractivity contribution in [2.24, 2.45) is 7.05 Å². The molecule has 0 spiro atoms. The third-order valence-corrected chi connectivity index (χ3v) is 6.50. The molecular weight excluding hydrogens is 452 g/mol. The number of pyridine rings is 2. The summed E-state index contributed by atoms with van der Waals surface area (Å²) < 4.78 is 1.79. The molecule has 5 heterocycles. The molecule has 5 aromatic rings. The first kappa shape index (κ1) is 21.8. The van der Waals surface area contributed by atoms with Crippen LogP contribution in [0.2, 0.25) is 0 Å². The van der Waals surface area contributed by atoms with Crippen LogP contribution < -0.4 is 4.90 Å². The Bertz CT molecular complexity index is 1520. The highest BCUT2D eigenvalue weighted by Crippen LogP contribution is 2.33. The normalized spacial score (nSPS) is 13.8. The highest BCUT2D eigenvalue weighted by Gasteiger charge is 2.23. The molecular formula is C27H24N8O. The first-order valence-electron chi connectivity index (χ1n) is 11.8. The molecule has 0 aliphatic carbocycles. The van der Waals surface area contributed by atoms with E-state index in [9.17, 15) is 4.79 Å². The first-order valence-corrected chi connectivity index (χ1v) is 11.8. The van der Waals surface area contributed by atoms with Crippen LogP contribution in [0, 0.1) is 0 Å². The number of anilines is 1. The van der Waals surface area contributed by atoms with Gasteiger partial charge in [0.2, 0.25) is 0 Å². The number of piperazine rings is 1. The number of amides is 1. The van der Waals surface area contributed by atoms with Gasteiger partial charge in [0.25, 0.3) is 5.91 Å². The lowest BCUT2D eigenvalue weighted by molar-refractivity contribution is 0.0740. The van der Waals surface area contributed by atoms with Gasteiger partial charge in [0.05, 0.1) is 11.7 Å². The molecule has 4 aromatic heterocycles. The van der Waals surface area contributed by atoms with Crippen LogP contribution in [0.4, 0.5) is 5.82 Å². The third kappa shape index (κ3) is 4.15. The number of hydrogen-bond acceptors (Lipinski definition) is 7. The number of hydrogen-bond donors (Lipinski definition) is 0. The number of aromatic nitrogens is 6. The van der Waals surface area contributed by atoms with E-state index in [2.05, 4.69) is 43.1 Å². The van der Waals surface area contributed by atoms with Gasteiger partial charge in [-0.1, -0.05) is 6.07 Å². The van der Waals surface area contributed by atoms with Crippen molar-refractivity contribution in [1.29, 1.82) is 0 Å². The Balaban J connectivity index is 1.23. The summed E-state index contributed by atoms with van der Waals surface area (Å²) in [5, 5.41) is 5.28. The molecule has 178 valence electrons. The van der Waals surface area contributed by atoms with E-state index in [0.29, 0.717) is 18.8 Å². The highest BCUT2D eigenvalue weighted by atomic mass is 16.2. The summed E-state index contributed by atoms with van der Waals surface area (Å²) in [5.41, 5.74) is 5.45. The molecule has 6 rings (SSSR count). The predicted molar refractivity (Wildman–Crippen MR) is 137 cm³/mol. The van der Waals surface area contributed by atoms with Crippen molar-refractivity contribution in [3.63, 3.8) is 0 Å². The second kappa shape index (κ2) is 9.18. The van der Waals surface area contributed by atoms with Crippen LogP contribution in [-0.4, -0.2) is 66.7 Å². The average molecular weight is 477 g/mol. The summed E-state index contributed by atoms with van der Waals surface area (Å²) >= 11 is 0. The summed E-state index contributed by atoms with van der Waals surface area (Å²) in [6.45, 7) is 2.71. The van der Waals surface area contributed by atoms with Gasteiger partial charge in [-0.3, -0.25) is 14.5 Å². The van der Waals surface area contributed by atoms with Crippen LogP contribution in [0.3, 0.4) is 0 Å². The van der Waals surface area contributed by atoms with Gasteiger partial charge in [-0.25, -0.2) is 15.0 Å². The summed E-state index contributed by atoms with van der Waals surface area (Å²) in [4.78, 5) is 34.5. The van der Waals surface area contributed by atoms with Crippen molar-refractivity contribution in [3.05, 3.63) is 85.5 Å². The second-order valence-corrected chi connectivity index (χ2v) is 8.78. The SMILES string of the molecule is Cn1cc(-c2cc(-c3ccc(N4CCN(C(=O)c5ccccn5)CC4)nc3)c3cncnc3c2)cn1. The zero-order chi connectivity index (χ0) is 24.5. The topological polar surface area (TPSA) is 92.9 Å². The summed E-state index contributed by atoms with van der Waals surface area (Å²) in [7, 11) is 1.91. The Morgan fingerprint density at radius 2 is 1.75 bits per heavy atom. The number of aryl methyl sites for hydroxylation is 1. The predicted octanol–water partition coefficient (Wildman–Crippen LogP) is 3.45. The van der Waals surface area contributed by atoms with Crippen molar-refractivity contribution >= 4 is 22.6 Å². The first-order chi connectivity index (χ1) is 17.7. The Labute approximate surface area is 208 Å². The fraction of sp³-hybridized carbons (Fsp3) is 0.185. The average Bonchev–Trinajstić information content (AvgIpc) is 3.39. The van der Waals surface area contributed by atoms with Gasteiger partial charge in [-0.05, 0) is 47.5 Å². The van der Waals surface area contributed by atoms with E-state index in [4.69, 9.17) is 4.98 Å². The molecule has 1 aliphatic heterocycles. The molecule has 1 fully saturated rings. The van der Waals surface area contributed by atoms with Gasteiger partial charge in [0.1, 0.15) is 17.8 Å². The largest absolute Gasteiger partial charge is 0.353 e. The van der Waals surface area contributed by atoms with Crippen LogP contribution in [0.1, 0.15) is 10.5 Å².